The van der Waals surface area contributed by atoms with Crippen molar-refractivity contribution in [2.45, 2.75) is 64.1 Å². The number of allylic oxidation sites excluding steroid dienone is 4. The summed E-state index contributed by atoms with van der Waals surface area (Å²) in [7, 11) is 1.41. The van der Waals surface area contributed by atoms with Gasteiger partial charge in [-0.25, -0.2) is 0 Å². The van der Waals surface area contributed by atoms with Gasteiger partial charge in [0, 0.05) is 20.6 Å². The van der Waals surface area contributed by atoms with E-state index < -0.39 is 6.10 Å². The number of unbranched alkanes of at least 4 members (excludes halogenated alkanes) is 1. The monoisotopic (exact) mass is 510 g/mol. The molecule has 1 fully saturated rings. The summed E-state index contributed by atoms with van der Waals surface area (Å²) in [5, 5.41) is 21.0. The maximum atomic E-state index is 11.2. The molecule has 2 rings (SSSR count). The zero-order chi connectivity index (χ0) is 22.8. The Kier molecular flexibility index (Phi) is 11.2. The van der Waals surface area contributed by atoms with E-state index in [2.05, 4.69) is 58.5 Å². The summed E-state index contributed by atoms with van der Waals surface area (Å²) in [5.74, 6) is 0.310. The molecule has 0 amide bonds. The number of rotatable bonds is 12. The maximum Gasteiger partial charge on any atom is 0.305 e. The third kappa shape index (κ3) is 8.33. The van der Waals surface area contributed by atoms with Gasteiger partial charge in [-0.1, -0.05) is 30.4 Å². The number of carbonyl (C=O) groups is 1. The van der Waals surface area contributed by atoms with E-state index >= 15 is 0 Å². The maximum absolute atomic E-state index is 11.2. The van der Waals surface area contributed by atoms with Crippen molar-refractivity contribution < 1.29 is 19.7 Å². The van der Waals surface area contributed by atoms with Gasteiger partial charge in [-0.15, -0.1) is 17.9 Å². The SMILES string of the molecule is C=C[C@@H]1CC(O)[C@H](C/C=C\CCCC(=O)OC)[C@H]1/C=C/[C@@H](O)CCc1cc(Br)c(C)s1. The van der Waals surface area contributed by atoms with Crippen LogP contribution in [0.4, 0.5) is 0 Å². The molecule has 0 aromatic carbocycles. The van der Waals surface area contributed by atoms with Crippen LogP contribution < -0.4 is 0 Å². The Balaban J connectivity index is 1.87. The summed E-state index contributed by atoms with van der Waals surface area (Å²) in [6.45, 7) is 6.03. The lowest BCUT2D eigenvalue weighted by Crippen LogP contribution is -2.18. The summed E-state index contributed by atoms with van der Waals surface area (Å²) in [5.41, 5.74) is 0. The first kappa shape index (κ1) is 26.0. The molecule has 2 N–H and O–H groups in total. The van der Waals surface area contributed by atoms with Crippen LogP contribution in [0.25, 0.3) is 0 Å². The van der Waals surface area contributed by atoms with Crippen LogP contribution in [0, 0.1) is 24.7 Å². The van der Waals surface area contributed by atoms with Gasteiger partial charge in [-0.05, 0) is 85.2 Å². The largest absolute Gasteiger partial charge is 0.469 e. The molecule has 0 bridgehead atoms. The molecule has 1 saturated carbocycles. The summed E-state index contributed by atoms with van der Waals surface area (Å²) in [6, 6.07) is 2.13. The van der Waals surface area contributed by atoms with E-state index in [1.807, 2.05) is 12.2 Å². The summed E-state index contributed by atoms with van der Waals surface area (Å²) in [4.78, 5) is 13.7. The third-order valence-corrected chi connectivity index (χ3v) is 8.20. The molecule has 31 heavy (non-hydrogen) atoms. The molecule has 1 unspecified atom stereocenters. The van der Waals surface area contributed by atoms with Crippen molar-refractivity contribution in [3.8, 4) is 0 Å². The number of esters is 1. The number of aliphatic hydroxyl groups excluding tert-OH is 2. The van der Waals surface area contributed by atoms with Crippen molar-refractivity contribution in [3.05, 3.63) is 57.3 Å². The lowest BCUT2D eigenvalue weighted by atomic mass is 9.86. The van der Waals surface area contributed by atoms with Gasteiger partial charge in [0.1, 0.15) is 0 Å². The van der Waals surface area contributed by atoms with Crippen molar-refractivity contribution in [2.24, 2.45) is 17.8 Å². The first-order valence-electron chi connectivity index (χ1n) is 11.0. The normalized spacial score (nSPS) is 24.8. The van der Waals surface area contributed by atoms with Crippen LogP contribution in [0.15, 0.2) is 47.5 Å². The molecule has 5 atom stereocenters. The molecule has 172 valence electrons. The Labute approximate surface area is 198 Å². The summed E-state index contributed by atoms with van der Waals surface area (Å²) < 4.78 is 5.78. The standard InChI is InChI=1S/C25H35BrO4S/c1-4-18-15-24(28)22(9-7-5-6-8-10-25(29)30-3)21(18)14-12-19(27)11-13-20-16-23(26)17(2)31-20/h4-5,7,12,14,16,18-19,21-22,24,27-28H,1,6,8-11,13,15H2,2-3H3/b7-5-,14-12+/t18-,19+,21+,22-,24?/m1/s1. The van der Waals surface area contributed by atoms with Crippen LogP contribution in [0.3, 0.4) is 0 Å². The van der Waals surface area contributed by atoms with Crippen molar-refractivity contribution >= 4 is 33.2 Å². The van der Waals surface area contributed by atoms with E-state index in [4.69, 9.17) is 0 Å². The Hall–Kier alpha value is -1.21. The summed E-state index contributed by atoms with van der Waals surface area (Å²) in [6.07, 6.45) is 14.2. The van der Waals surface area contributed by atoms with Crippen LogP contribution in [0.5, 0.6) is 0 Å². The molecule has 0 aliphatic heterocycles. The molecule has 1 heterocycles. The molecule has 4 nitrogen and oxygen atoms in total. The summed E-state index contributed by atoms with van der Waals surface area (Å²) >= 11 is 5.30. The zero-order valence-corrected chi connectivity index (χ0v) is 20.9. The number of hydrogen-bond acceptors (Lipinski definition) is 5. The van der Waals surface area contributed by atoms with E-state index in [1.54, 1.807) is 11.3 Å². The van der Waals surface area contributed by atoms with E-state index in [9.17, 15) is 15.0 Å². The lowest BCUT2D eigenvalue weighted by molar-refractivity contribution is -0.140. The highest BCUT2D eigenvalue weighted by Gasteiger charge is 2.38. The van der Waals surface area contributed by atoms with Crippen molar-refractivity contribution in [2.75, 3.05) is 7.11 Å². The topological polar surface area (TPSA) is 66.8 Å². The fraction of sp³-hybridized carbons (Fsp3) is 0.560. The minimum Gasteiger partial charge on any atom is -0.469 e. The van der Waals surface area contributed by atoms with E-state index in [0.717, 1.165) is 30.2 Å². The molecule has 1 aliphatic rings. The first-order valence-corrected chi connectivity index (χ1v) is 12.6. The van der Waals surface area contributed by atoms with Crippen molar-refractivity contribution in [1.29, 1.82) is 0 Å². The van der Waals surface area contributed by atoms with Gasteiger partial charge in [0.05, 0.1) is 19.3 Å². The smallest absolute Gasteiger partial charge is 0.305 e. The number of aliphatic hydroxyl groups is 2. The molecule has 0 radical (unpaired) electrons. The fourth-order valence-electron chi connectivity index (χ4n) is 4.16. The van der Waals surface area contributed by atoms with Gasteiger partial charge in [-0.3, -0.25) is 4.79 Å². The Bertz CT molecular complexity index is 750. The third-order valence-electron chi connectivity index (χ3n) is 6.00. The second-order valence-corrected chi connectivity index (χ2v) is 10.4. The minimum atomic E-state index is -0.501. The zero-order valence-electron chi connectivity index (χ0n) is 18.5. The predicted molar refractivity (Wildman–Crippen MR) is 131 cm³/mol. The van der Waals surface area contributed by atoms with Crippen molar-refractivity contribution in [1.82, 2.24) is 0 Å². The van der Waals surface area contributed by atoms with Crippen LogP contribution in [0.1, 0.15) is 48.3 Å². The molecule has 1 aliphatic carbocycles. The predicted octanol–water partition coefficient (Wildman–Crippen LogP) is 5.76. The van der Waals surface area contributed by atoms with Gasteiger partial charge in [0.2, 0.25) is 0 Å². The highest BCUT2D eigenvalue weighted by Crippen LogP contribution is 2.41. The number of carbonyl (C=O) groups excluding carboxylic acids is 1. The van der Waals surface area contributed by atoms with E-state index in [1.165, 1.54) is 16.9 Å². The molecule has 0 spiro atoms. The van der Waals surface area contributed by atoms with Crippen LogP contribution >= 0.6 is 27.3 Å². The van der Waals surface area contributed by atoms with Gasteiger partial charge in [0.25, 0.3) is 0 Å². The van der Waals surface area contributed by atoms with Gasteiger partial charge in [-0.2, -0.15) is 0 Å². The average molecular weight is 512 g/mol. The second kappa shape index (κ2) is 13.4. The van der Waals surface area contributed by atoms with Crippen LogP contribution in [-0.4, -0.2) is 35.5 Å². The molecule has 1 aromatic rings. The number of halogens is 1. The van der Waals surface area contributed by atoms with Crippen molar-refractivity contribution in [3.63, 3.8) is 0 Å². The van der Waals surface area contributed by atoms with E-state index in [0.29, 0.717) is 19.3 Å². The molecule has 6 heteroatoms. The van der Waals surface area contributed by atoms with Gasteiger partial charge in [0.15, 0.2) is 0 Å². The highest BCUT2D eigenvalue weighted by atomic mass is 79.9. The Morgan fingerprint density at radius 2 is 2.23 bits per heavy atom. The lowest BCUT2D eigenvalue weighted by Gasteiger charge is -2.20. The second-order valence-electron chi connectivity index (χ2n) is 8.23. The molecular weight excluding hydrogens is 476 g/mol. The minimum absolute atomic E-state index is 0.110. The molecular formula is C25H35BrO4S. The fourth-order valence-corrected chi connectivity index (χ4v) is 5.78. The number of methoxy groups -OCH3 is 1. The van der Waals surface area contributed by atoms with Crippen LogP contribution in [-0.2, 0) is 16.0 Å². The molecule has 1 aromatic heterocycles. The highest BCUT2D eigenvalue weighted by molar-refractivity contribution is 9.10. The molecule has 0 saturated heterocycles. The number of hydrogen-bond donors (Lipinski definition) is 2. The number of thiophene rings is 1. The number of aryl methyl sites for hydroxylation is 2. The number of ether oxygens (including phenoxy) is 1. The Morgan fingerprint density at radius 1 is 1.45 bits per heavy atom. The average Bonchev–Trinajstić information content (AvgIpc) is 3.24. The van der Waals surface area contributed by atoms with Gasteiger partial charge >= 0.3 is 5.97 Å². The van der Waals surface area contributed by atoms with Gasteiger partial charge < -0.3 is 14.9 Å². The van der Waals surface area contributed by atoms with E-state index in [-0.39, 0.29) is 29.8 Å². The first-order chi connectivity index (χ1) is 14.8. The van der Waals surface area contributed by atoms with Crippen LogP contribution in [0.2, 0.25) is 0 Å². The Morgan fingerprint density at radius 3 is 2.87 bits per heavy atom. The quantitative estimate of drug-likeness (QED) is 0.213.